The van der Waals surface area contributed by atoms with Crippen LogP contribution in [0, 0.1) is 5.92 Å². The van der Waals surface area contributed by atoms with E-state index in [9.17, 15) is 4.79 Å². The summed E-state index contributed by atoms with van der Waals surface area (Å²) in [5.41, 5.74) is 5.56. The van der Waals surface area contributed by atoms with Gasteiger partial charge in [0, 0.05) is 5.02 Å². The molecule has 23 heavy (non-hydrogen) atoms. The van der Waals surface area contributed by atoms with Crippen molar-refractivity contribution in [2.24, 2.45) is 11.7 Å². The molecule has 3 atom stereocenters. The van der Waals surface area contributed by atoms with Crippen molar-refractivity contribution >= 4 is 30.0 Å². The fraction of sp³-hybridized carbons (Fsp3) is 0.588. The molecule has 0 bridgehead atoms. The number of esters is 1. The molecule has 6 heteroatoms. The van der Waals surface area contributed by atoms with E-state index in [0.717, 1.165) is 12.8 Å². The van der Waals surface area contributed by atoms with Gasteiger partial charge < -0.3 is 15.2 Å². The van der Waals surface area contributed by atoms with Crippen molar-refractivity contribution in [2.75, 3.05) is 0 Å². The zero-order chi connectivity index (χ0) is 16.7. The van der Waals surface area contributed by atoms with E-state index in [1.807, 2.05) is 19.1 Å². The largest absolute Gasteiger partial charge is 0.486 e. The summed E-state index contributed by atoms with van der Waals surface area (Å²) in [6.45, 7) is 7.67. The normalized spacial score (nSPS) is 14.6. The van der Waals surface area contributed by atoms with Gasteiger partial charge in [0.15, 0.2) is 0 Å². The molecule has 0 unspecified atom stereocenters. The van der Waals surface area contributed by atoms with Gasteiger partial charge in [-0.2, -0.15) is 0 Å². The molecule has 0 heterocycles. The van der Waals surface area contributed by atoms with Crippen LogP contribution < -0.4 is 10.5 Å². The second kappa shape index (κ2) is 10.7. The van der Waals surface area contributed by atoms with Gasteiger partial charge >= 0.3 is 5.97 Å². The minimum Gasteiger partial charge on any atom is -0.486 e. The number of hydrogen-bond acceptors (Lipinski definition) is 4. The average molecular weight is 364 g/mol. The number of benzene rings is 1. The van der Waals surface area contributed by atoms with E-state index in [2.05, 4.69) is 13.8 Å². The predicted molar refractivity (Wildman–Crippen MR) is 96.4 cm³/mol. The fourth-order valence-corrected chi connectivity index (χ4v) is 2.48. The van der Waals surface area contributed by atoms with Crippen molar-refractivity contribution in [1.29, 1.82) is 0 Å². The van der Waals surface area contributed by atoms with E-state index < -0.39 is 12.0 Å². The molecule has 0 aliphatic rings. The molecule has 2 N–H and O–H groups in total. The van der Waals surface area contributed by atoms with Gasteiger partial charge in [-0.1, -0.05) is 25.4 Å². The SMILES string of the molecule is CCC(CC)[C@H](Oc1ccc(Cl)cc1)[C@H](C)OC(=O)[C@H](C)N.Cl. The van der Waals surface area contributed by atoms with Crippen LogP contribution in [0.15, 0.2) is 24.3 Å². The molecule has 0 saturated carbocycles. The maximum absolute atomic E-state index is 11.7. The third-order valence-corrected chi connectivity index (χ3v) is 3.99. The van der Waals surface area contributed by atoms with Gasteiger partial charge in [0.2, 0.25) is 0 Å². The van der Waals surface area contributed by atoms with Crippen LogP contribution in [0.5, 0.6) is 5.75 Å². The highest BCUT2D eigenvalue weighted by atomic mass is 35.5. The first kappa shape index (κ1) is 22.0. The summed E-state index contributed by atoms with van der Waals surface area (Å²) in [5.74, 6) is 0.583. The maximum Gasteiger partial charge on any atom is 0.323 e. The molecule has 0 aromatic heterocycles. The van der Waals surface area contributed by atoms with Gasteiger partial charge in [0.1, 0.15) is 24.0 Å². The molecule has 0 amide bonds. The highest BCUT2D eigenvalue weighted by Gasteiger charge is 2.30. The Hall–Kier alpha value is -0.970. The number of hydrogen-bond donors (Lipinski definition) is 1. The Kier molecular flexibility index (Phi) is 10.3. The van der Waals surface area contributed by atoms with E-state index in [4.69, 9.17) is 26.8 Å². The maximum atomic E-state index is 11.7. The second-order valence-corrected chi connectivity index (χ2v) is 5.98. The first-order valence-corrected chi connectivity index (χ1v) is 8.15. The van der Waals surface area contributed by atoms with Crippen LogP contribution in [0.1, 0.15) is 40.5 Å². The molecule has 0 fully saturated rings. The lowest BCUT2D eigenvalue weighted by Gasteiger charge is -2.31. The van der Waals surface area contributed by atoms with Crippen molar-refractivity contribution in [1.82, 2.24) is 0 Å². The summed E-state index contributed by atoms with van der Waals surface area (Å²) >= 11 is 5.89. The molecule has 132 valence electrons. The number of carbonyl (C=O) groups excluding carboxylic acids is 1. The van der Waals surface area contributed by atoms with Crippen LogP contribution in [0.25, 0.3) is 0 Å². The van der Waals surface area contributed by atoms with Crippen LogP contribution in [-0.4, -0.2) is 24.2 Å². The lowest BCUT2D eigenvalue weighted by Crippen LogP contribution is -2.42. The number of rotatable bonds is 8. The van der Waals surface area contributed by atoms with Crippen LogP contribution in [0.4, 0.5) is 0 Å². The molecule has 1 rings (SSSR count). The van der Waals surface area contributed by atoms with E-state index in [1.54, 1.807) is 19.1 Å². The highest BCUT2D eigenvalue weighted by Crippen LogP contribution is 2.25. The smallest absolute Gasteiger partial charge is 0.323 e. The Labute approximate surface area is 150 Å². The van der Waals surface area contributed by atoms with Crippen molar-refractivity contribution < 1.29 is 14.3 Å². The fourth-order valence-electron chi connectivity index (χ4n) is 2.36. The zero-order valence-electron chi connectivity index (χ0n) is 14.1. The van der Waals surface area contributed by atoms with E-state index in [-0.39, 0.29) is 30.5 Å². The Balaban J connectivity index is 0.00000484. The molecule has 0 radical (unpaired) electrons. The topological polar surface area (TPSA) is 61.5 Å². The Morgan fingerprint density at radius 2 is 1.70 bits per heavy atom. The first-order valence-electron chi connectivity index (χ1n) is 7.77. The molecule has 0 aliphatic carbocycles. The van der Waals surface area contributed by atoms with Gasteiger partial charge in [0.05, 0.1) is 0 Å². The van der Waals surface area contributed by atoms with Crippen molar-refractivity contribution in [3.63, 3.8) is 0 Å². The molecule has 0 spiro atoms. The molecular formula is C17H27Cl2NO3. The van der Waals surface area contributed by atoms with Gasteiger partial charge in [-0.15, -0.1) is 12.4 Å². The van der Waals surface area contributed by atoms with Gasteiger partial charge in [-0.05, 0) is 56.9 Å². The lowest BCUT2D eigenvalue weighted by atomic mass is 9.93. The summed E-state index contributed by atoms with van der Waals surface area (Å²) in [6.07, 6.45) is 1.28. The number of ether oxygens (including phenoxy) is 2. The molecule has 4 nitrogen and oxygen atoms in total. The summed E-state index contributed by atoms with van der Waals surface area (Å²) in [4.78, 5) is 11.7. The molecule has 1 aromatic carbocycles. The van der Waals surface area contributed by atoms with Crippen molar-refractivity contribution in [3.8, 4) is 5.75 Å². The molecular weight excluding hydrogens is 337 g/mol. The Morgan fingerprint density at radius 1 is 1.17 bits per heavy atom. The predicted octanol–water partition coefficient (Wildman–Crippen LogP) is 4.22. The van der Waals surface area contributed by atoms with Crippen LogP contribution in [0.2, 0.25) is 5.02 Å². The van der Waals surface area contributed by atoms with Gasteiger partial charge in [-0.25, -0.2) is 0 Å². The Morgan fingerprint density at radius 3 is 2.13 bits per heavy atom. The van der Waals surface area contributed by atoms with Crippen LogP contribution >= 0.6 is 24.0 Å². The van der Waals surface area contributed by atoms with Crippen molar-refractivity contribution in [3.05, 3.63) is 29.3 Å². The standard InChI is InChI=1S/C17H26ClNO3.ClH/c1-5-13(6-2)16(12(4)21-17(20)11(3)19)22-15-9-7-14(18)8-10-15;/h7-13,16H,5-6,19H2,1-4H3;1H/t11-,12-,16+;/m0./s1. The zero-order valence-corrected chi connectivity index (χ0v) is 15.7. The third-order valence-electron chi connectivity index (χ3n) is 3.74. The molecule has 0 aliphatic heterocycles. The summed E-state index contributed by atoms with van der Waals surface area (Å²) < 4.78 is 11.5. The first-order chi connectivity index (χ1) is 10.4. The van der Waals surface area contributed by atoms with E-state index >= 15 is 0 Å². The average Bonchev–Trinajstić information content (AvgIpc) is 2.49. The van der Waals surface area contributed by atoms with Crippen molar-refractivity contribution in [2.45, 2.75) is 58.8 Å². The number of halogens is 2. The Bertz CT molecular complexity index is 461. The molecule has 1 aromatic rings. The summed E-state index contributed by atoms with van der Waals surface area (Å²) in [5, 5.41) is 0.655. The highest BCUT2D eigenvalue weighted by molar-refractivity contribution is 6.30. The quantitative estimate of drug-likeness (QED) is 0.702. The lowest BCUT2D eigenvalue weighted by molar-refractivity contribution is -0.155. The van der Waals surface area contributed by atoms with Crippen LogP contribution in [-0.2, 0) is 9.53 Å². The van der Waals surface area contributed by atoms with E-state index in [0.29, 0.717) is 10.8 Å². The van der Waals surface area contributed by atoms with E-state index in [1.165, 1.54) is 0 Å². The summed E-state index contributed by atoms with van der Waals surface area (Å²) in [6, 6.07) is 6.55. The number of carbonyl (C=O) groups is 1. The monoisotopic (exact) mass is 363 g/mol. The van der Waals surface area contributed by atoms with Gasteiger partial charge in [0.25, 0.3) is 0 Å². The van der Waals surface area contributed by atoms with Crippen LogP contribution in [0.3, 0.4) is 0 Å². The summed E-state index contributed by atoms with van der Waals surface area (Å²) in [7, 11) is 0. The number of nitrogens with two attached hydrogens (primary N) is 1. The molecule has 0 saturated heterocycles. The minimum atomic E-state index is -0.639. The second-order valence-electron chi connectivity index (χ2n) is 5.54. The minimum absolute atomic E-state index is 0. The third kappa shape index (κ3) is 6.98. The van der Waals surface area contributed by atoms with Gasteiger partial charge in [-0.3, -0.25) is 4.79 Å².